The summed E-state index contributed by atoms with van der Waals surface area (Å²) in [6.07, 6.45) is 0.333. The first-order chi connectivity index (χ1) is 16.2. The molecule has 2 aliphatic rings. The highest BCUT2D eigenvalue weighted by Gasteiger charge is 2.52. The van der Waals surface area contributed by atoms with Crippen LogP contribution < -0.4 is 15.2 Å². The average Bonchev–Trinajstić information content (AvgIpc) is 3.03. The maximum atomic E-state index is 13.0. The number of nitrogens with zero attached hydrogens (tertiary/aromatic N) is 2. The Morgan fingerprint density at radius 1 is 1.12 bits per heavy atom. The number of aryl methyl sites for hydroxylation is 1. The second-order valence-corrected chi connectivity index (χ2v) is 9.00. The van der Waals surface area contributed by atoms with Crippen LogP contribution in [0, 0.1) is 6.92 Å². The first-order valence-electron chi connectivity index (χ1n) is 11.0. The van der Waals surface area contributed by atoms with Crippen molar-refractivity contribution in [1.29, 1.82) is 0 Å². The summed E-state index contributed by atoms with van der Waals surface area (Å²) >= 11 is 6.12. The lowest BCUT2D eigenvalue weighted by atomic mass is 9.81. The summed E-state index contributed by atoms with van der Waals surface area (Å²) in [6, 6.07) is 21.4. The standard InChI is InChI=1S/C19H18ClN3O2.C8H10O/c1-11-10-19(17(24)23(2)18(21)22-19)15-9-13(6-7-16(15)25-11)12-4-3-5-14(20)8-12;1-7-3-5-8(9-2)6-4-7/h3-9,11H,10H2,1-2H3,(H2,21,22);3-6H,1-2H3/t11-,19-;/m1./s1. The normalized spacial score (nSPS) is 20.7. The van der Waals surface area contributed by atoms with Gasteiger partial charge in [-0.2, -0.15) is 0 Å². The lowest BCUT2D eigenvalue weighted by Gasteiger charge is -2.35. The number of benzene rings is 3. The minimum Gasteiger partial charge on any atom is -0.497 e. The third-order valence-corrected chi connectivity index (χ3v) is 6.29. The Labute approximate surface area is 205 Å². The van der Waals surface area contributed by atoms with Crippen LogP contribution in [-0.2, 0) is 10.3 Å². The summed E-state index contributed by atoms with van der Waals surface area (Å²) in [4.78, 5) is 18.9. The van der Waals surface area contributed by atoms with Gasteiger partial charge in [0.2, 0.25) is 0 Å². The molecule has 0 unspecified atom stereocenters. The Morgan fingerprint density at radius 3 is 2.44 bits per heavy atom. The van der Waals surface area contributed by atoms with Crippen LogP contribution in [0.25, 0.3) is 11.1 Å². The molecule has 0 saturated heterocycles. The largest absolute Gasteiger partial charge is 0.497 e. The summed E-state index contributed by atoms with van der Waals surface area (Å²) in [5.41, 5.74) is 8.87. The van der Waals surface area contributed by atoms with Crippen LogP contribution in [-0.4, -0.2) is 37.0 Å². The SMILES string of the molecule is COc1ccc(C)cc1.C[C@@H]1C[C@@]2(N=C(N)N(C)C2=O)c2cc(-c3cccc(Cl)c3)ccc2O1. The number of guanidine groups is 1. The summed E-state index contributed by atoms with van der Waals surface area (Å²) in [5, 5.41) is 0.661. The zero-order valence-electron chi connectivity index (χ0n) is 19.7. The van der Waals surface area contributed by atoms with Crippen molar-refractivity contribution in [2.75, 3.05) is 14.2 Å². The molecule has 1 amide bonds. The van der Waals surface area contributed by atoms with Crippen molar-refractivity contribution in [3.05, 3.63) is 82.9 Å². The number of fused-ring (bicyclic) bond motifs is 2. The number of aliphatic imine (C=N–C) groups is 1. The first kappa shape index (κ1) is 23.6. The van der Waals surface area contributed by atoms with Crippen LogP contribution >= 0.6 is 11.6 Å². The van der Waals surface area contributed by atoms with Gasteiger partial charge >= 0.3 is 0 Å². The van der Waals surface area contributed by atoms with Gasteiger partial charge in [0.25, 0.3) is 5.91 Å². The second-order valence-electron chi connectivity index (χ2n) is 8.57. The monoisotopic (exact) mass is 477 g/mol. The summed E-state index contributed by atoms with van der Waals surface area (Å²) in [6.45, 7) is 3.99. The van der Waals surface area contributed by atoms with E-state index in [0.717, 1.165) is 22.4 Å². The van der Waals surface area contributed by atoms with E-state index >= 15 is 0 Å². The van der Waals surface area contributed by atoms with E-state index in [9.17, 15) is 4.79 Å². The molecule has 0 bridgehead atoms. The van der Waals surface area contributed by atoms with E-state index < -0.39 is 5.54 Å². The molecule has 0 saturated carbocycles. The number of methoxy groups -OCH3 is 1. The molecule has 0 radical (unpaired) electrons. The molecule has 34 heavy (non-hydrogen) atoms. The van der Waals surface area contributed by atoms with E-state index in [1.165, 1.54) is 10.5 Å². The minimum atomic E-state index is -1.01. The highest BCUT2D eigenvalue weighted by atomic mass is 35.5. The number of hydrogen-bond donors (Lipinski definition) is 1. The van der Waals surface area contributed by atoms with Gasteiger partial charge in [-0.05, 0) is 61.4 Å². The zero-order chi connectivity index (χ0) is 24.5. The first-order valence-corrected chi connectivity index (χ1v) is 11.4. The topological polar surface area (TPSA) is 77.2 Å². The van der Waals surface area contributed by atoms with E-state index in [1.807, 2.05) is 73.7 Å². The fourth-order valence-corrected chi connectivity index (χ4v) is 4.46. The second kappa shape index (κ2) is 9.39. The molecule has 0 fully saturated rings. The van der Waals surface area contributed by atoms with Crippen molar-refractivity contribution < 1.29 is 14.3 Å². The number of ether oxygens (including phenoxy) is 2. The van der Waals surface area contributed by atoms with E-state index in [1.54, 1.807) is 14.2 Å². The highest BCUT2D eigenvalue weighted by molar-refractivity contribution is 6.30. The van der Waals surface area contributed by atoms with E-state index in [4.69, 9.17) is 26.8 Å². The third-order valence-electron chi connectivity index (χ3n) is 6.06. The quantitative estimate of drug-likeness (QED) is 0.552. The maximum Gasteiger partial charge on any atom is 0.261 e. The van der Waals surface area contributed by atoms with Gasteiger partial charge in [0.05, 0.1) is 13.2 Å². The Hall–Kier alpha value is -3.51. The number of carbonyl (C=O) groups excluding carboxylic acids is 1. The number of likely N-dealkylation sites (N-methyl/N-ethyl adjacent to an activating group) is 1. The third kappa shape index (κ3) is 4.46. The van der Waals surface area contributed by atoms with Crippen molar-refractivity contribution in [2.24, 2.45) is 10.7 Å². The summed E-state index contributed by atoms with van der Waals surface area (Å²) in [7, 11) is 3.32. The Morgan fingerprint density at radius 2 is 1.82 bits per heavy atom. The van der Waals surface area contributed by atoms with Crippen LogP contribution in [0.4, 0.5) is 0 Å². The average molecular weight is 478 g/mol. The van der Waals surface area contributed by atoms with E-state index in [-0.39, 0.29) is 18.0 Å². The van der Waals surface area contributed by atoms with Crippen LogP contribution in [0.1, 0.15) is 24.5 Å². The zero-order valence-corrected chi connectivity index (χ0v) is 20.5. The Balaban J connectivity index is 0.000000257. The molecular formula is C27H28ClN3O3. The molecule has 2 heterocycles. The summed E-state index contributed by atoms with van der Waals surface area (Å²) < 4.78 is 10.9. The predicted molar refractivity (Wildman–Crippen MR) is 135 cm³/mol. The van der Waals surface area contributed by atoms with Gasteiger partial charge in [-0.3, -0.25) is 9.69 Å². The minimum absolute atomic E-state index is 0.121. The van der Waals surface area contributed by atoms with Gasteiger partial charge < -0.3 is 15.2 Å². The van der Waals surface area contributed by atoms with Gasteiger partial charge in [-0.25, -0.2) is 4.99 Å². The Kier molecular flexibility index (Phi) is 6.53. The molecule has 3 aromatic carbocycles. The molecule has 2 N–H and O–H groups in total. The van der Waals surface area contributed by atoms with Gasteiger partial charge in [0.1, 0.15) is 11.5 Å². The number of nitrogens with two attached hydrogens (primary N) is 1. The molecule has 0 aliphatic carbocycles. The van der Waals surface area contributed by atoms with Crippen LogP contribution in [0.5, 0.6) is 11.5 Å². The molecule has 5 rings (SSSR count). The van der Waals surface area contributed by atoms with Crippen molar-refractivity contribution in [3.63, 3.8) is 0 Å². The molecule has 6 nitrogen and oxygen atoms in total. The maximum absolute atomic E-state index is 13.0. The molecule has 3 aromatic rings. The number of halogens is 1. The van der Waals surface area contributed by atoms with Gasteiger partial charge in [0.15, 0.2) is 11.5 Å². The molecule has 0 aromatic heterocycles. The van der Waals surface area contributed by atoms with Crippen molar-refractivity contribution in [3.8, 4) is 22.6 Å². The number of hydrogen-bond acceptors (Lipinski definition) is 5. The van der Waals surface area contributed by atoms with E-state index in [0.29, 0.717) is 17.2 Å². The van der Waals surface area contributed by atoms with Gasteiger partial charge in [0, 0.05) is 24.1 Å². The molecule has 1 spiro atoms. The molecule has 176 valence electrons. The van der Waals surface area contributed by atoms with Crippen LogP contribution in [0.2, 0.25) is 5.02 Å². The number of amides is 1. The molecular weight excluding hydrogens is 450 g/mol. The van der Waals surface area contributed by atoms with Gasteiger partial charge in [-0.15, -0.1) is 0 Å². The van der Waals surface area contributed by atoms with Gasteiger partial charge in [-0.1, -0.05) is 47.5 Å². The smallest absolute Gasteiger partial charge is 0.261 e. The predicted octanol–water partition coefficient (Wildman–Crippen LogP) is 5.16. The van der Waals surface area contributed by atoms with Crippen molar-refractivity contribution in [2.45, 2.75) is 31.9 Å². The van der Waals surface area contributed by atoms with E-state index in [2.05, 4.69) is 11.9 Å². The highest BCUT2D eigenvalue weighted by Crippen LogP contribution is 2.47. The fraction of sp³-hybridized carbons (Fsp3) is 0.259. The van der Waals surface area contributed by atoms with Crippen LogP contribution in [0.3, 0.4) is 0 Å². The Bertz CT molecular complexity index is 1240. The number of rotatable bonds is 2. The van der Waals surface area contributed by atoms with Crippen molar-refractivity contribution in [1.82, 2.24) is 4.90 Å². The lowest BCUT2D eigenvalue weighted by Crippen LogP contribution is -2.45. The fourth-order valence-electron chi connectivity index (χ4n) is 4.27. The van der Waals surface area contributed by atoms with Crippen molar-refractivity contribution >= 4 is 23.5 Å². The summed E-state index contributed by atoms with van der Waals surface area (Å²) in [5.74, 6) is 1.70. The number of carbonyl (C=O) groups is 1. The van der Waals surface area contributed by atoms with Crippen LogP contribution in [0.15, 0.2) is 71.7 Å². The molecule has 2 atom stereocenters. The molecule has 2 aliphatic heterocycles. The molecule has 7 heteroatoms. The lowest BCUT2D eigenvalue weighted by molar-refractivity contribution is -0.132.